The maximum Gasteiger partial charge on any atom is 0.309 e. The number of ether oxygens (including phenoxy) is 1. The fraction of sp³-hybridized carbons (Fsp3) is 0.435. The minimum Gasteiger partial charge on any atom is -0.461 e. The van der Waals surface area contributed by atoms with E-state index in [2.05, 4.69) is 48.5 Å². The summed E-state index contributed by atoms with van der Waals surface area (Å²) >= 11 is 0. The van der Waals surface area contributed by atoms with Crippen LogP contribution in [-0.2, 0) is 9.53 Å². The van der Waals surface area contributed by atoms with Gasteiger partial charge in [0.2, 0.25) is 0 Å². The van der Waals surface area contributed by atoms with Gasteiger partial charge in [-0.3, -0.25) is 4.79 Å². The van der Waals surface area contributed by atoms with Gasteiger partial charge in [0.25, 0.3) is 0 Å². The first kappa shape index (κ1) is 16.4. The second kappa shape index (κ2) is 7.43. The molecule has 0 radical (unpaired) electrons. The Morgan fingerprint density at radius 1 is 0.720 bits per heavy atom. The van der Waals surface area contributed by atoms with Gasteiger partial charge in [0, 0.05) is 5.92 Å². The normalized spacial score (nSPS) is 28.8. The average Bonchev–Trinajstić information content (AvgIpc) is 2.63. The van der Waals surface area contributed by atoms with Crippen LogP contribution >= 0.6 is 0 Å². The van der Waals surface area contributed by atoms with Gasteiger partial charge in [0.15, 0.2) is 0 Å². The smallest absolute Gasteiger partial charge is 0.309 e. The highest BCUT2D eigenvalue weighted by Gasteiger charge is 2.40. The van der Waals surface area contributed by atoms with E-state index in [4.69, 9.17) is 4.74 Å². The third-order valence-electron chi connectivity index (χ3n) is 6.00. The Morgan fingerprint density at radius 3 is 1.92 bits per heavy atom. The van der Waals surface area contributed by atoms with Crippen molar-refractivity contribution in [1.29, 1.82) is 0 Å². The molecule has 0 amide bonds. The highest BCUT2D eigenvalue weighted by atomic mass is 16.5. The number of hydrogen-bond acceptors (Lipinski definition) is 2. The van der Waals surface area contributed by atoms with Gasteiger partial charge in [0.05, 0.1) is 5.92 Å². The molecule has 0 spiro atoms. The van der Waals surface area contributed by atoms with Crippen molar-refractivity contribution in [1.82, 2.24) is 0 Å². The van der Waals surface area contributed by atoms with Gasteiger partial charge in [-0.05, 0) is 49.1 Å². The topological polar surface area (TPSA) is 26.3 Å². The molecular formula is C23H26O2. The standard InChI is InChI=1S/C23H26O2/c24-23(21-16-15-19(21)17-9-3-1-4-10-17)25-22-14-8-7-13-20(22)18-11-5-2-6-12-18/h1-6,9-12,19-22H,7-8,13-16H2/t19-,20?,21-,22+/m1/s1. The van der Waals surface area contributed by atoms with Gasteiger partial charge >= 0.3 is 5.97 Å². The second-order valence-corrected chi connectivity index (χ2v) is 7.48. The molecule has 2 aromatic rings. The molecule has 2 saturated carbocycles. The molecule has 1 unspecified atom stereocenters. The summed E-state index contributed by atoms with van der Waals surface area (Å²) < 4.78 is 6.08. The number of benzene rings is 2. The molecule has 2 aliphatic rings. The summed E-state index contributed by atoms with van der Waals surface area (Å²) in [6, 6.07) is 21.0. The Labute approximate surface area is 150 Å². The van der Waals surface area contributed by atoms with Crippen molar-refractivity contribution in [3.05, 3.63) is 71.8 Å². The zero-order chi connectivity index (χ0) is 17.1. The fourth-order valence-corrected chi connectivity index (χ4v) is 4.44. The molecule has 0 heterocycles. The quantitative estimate of drug-likeness (QED) is 0.695. The number of carbonyl (C=O) groups excluding carboxylic acids is 1. The third-order valence-corrected chi connectivity index (χ3v) is 6.00. The third kappa shape index (κ3) is 3.49. The van der Waals surface area contributed by atoms with Crippen LogP contribution in [0.1, 0.15) is 61.5 Å². The highest BCUT2D eigenvalue weighted by Crippen LogP contribution is 2.44. The maximum absolute atomic E-state index is 12.8. The lowest BCUT2D eigenvalue weighted by atomic mass is 9.70. The summed E-state index contributed by atoms with van der Waals surface area (Å²) in [7, 11) is 0. The van der Waals surface area contributed by atoms with Gasteiger partial charge in [-0.2, -0.15) is 0 Å². The maximum atomic E-state index is 12.8. The van der Waals surface area contributed by atoms with Crippen molar-refractivity contribution >= 4 is 5.97 Å². The lowest BCUT2D eigenvalue weighted by molar-refractivity contribution is -0.160. The summed E-state index contributed by atoms with van der Waals surface area (Å²) in [6.07, 6.45) is 6.60. The van der Waals surface area contributed by atoms with Crippen LogP contribution in [0.4, 0.5) is 0 Å². The molecule has 2 heteroatoms. The van der Waals surface area contributed by atoms with Crippen LogP contribution in [0.25, 0.3) is 0 Å². The predicted octanol–water partition coefficient (Wildman–Crippen LogP) is 5.45. The molecule has 0 N–H and O–H groups in total. The van der Waals surface area contributed by atoms with Crippen LogP contribution in [0, 0.1) is 5.92 Å². The van der Waals surface area contributed by atoms with Crippen molar-refractivity contribution in [2.75, 3.05) is 0 Å². The van der Waals surface area contributed by atoms with E-state index in [1.807, 2.05) is 12.1 Å². The molecule has 4 rings (SSSR count). The van der Waals surface area contributed by atoms with E-state index in [0.717, 1.165) is 32.1 Å². The molecule has 0 bridgehead atoms. The molecule has 0 aromatic heterocycles. The minimum atomic E-state index is 0.0212. The largest absolute Gasteiger partial charge is 0.461 e. The van der Waals surface area contributed by atoms with Crippen LogP contribution in [0.15, 0.2) is 60.7 Å². The Morgan fingerprint density at radius 2 is 1.32 bits per heavy atom. The molecule has 2 aliphatic carbocycles. The molecule has 2 fully saturated rings. The number of rotatable bonds is 4. The summed E-state index contributed by atoms with van der Waals surface area (Å²) in [5.41, 5.74) is 2.59. The molecule has 4 atom stereocenters. The van der Waals surface area contributed by atoms with E-state index in [0.29, 0.717) is 11.8 Å². The molecule has 2 nitrogen and oxygen atoms in total. The predicted molar refractivity (Wildman–Crippen MR) is 99.4 cm³/mol. The van der Waals surface area contributed by atoms with Gasteiger partial charge in [-0.1, -0.05) is 67.1 Å². The average molecular weight is 334 g/mol. The van der Waals surface area contributed by atoms with Crippen molar-refractivity contribution < 1.29 is 9.53 Å². The molecule has 0 aliphatic heterocycles. The monoisotopic (exact) mass is 334 g/mol. The Kier molecular flexibility index (Phi) is 4.87. The highest BCUT2D eigenvalue weighted by molar-refractivity contribution is 5.75. The van der Waals surface area contributed by atoms with Crippen molar-refractivity contribution in [3.63, 3.8) is 0 Å². The number of esters is 1. The summed E-state index contributed by atoms with van der Waals surface area (Å²) in [6.45, 7) is 0. The first-order chi connectivity index (χ1) is 12.3. The first-order valence-electron chi connectivity index (χ1n) is 9.63. The Bertz CT molecular complexity index is 695. The van der Waals surface area contributed by atoms with Gasteiger partial charge < -0.3 is 4.74 Å². The zero-order valence-electron chi connectivity index (χ0n) is 14.6. The van der Waals surface area contributed by atoms with Crippen molar-refractivity contribution in [2.45, 2.75) is 56.5 Å². The molecule has 2 aromatic carbocycles. The summed E-state index contributed by atoms with van der Waals surface area (Å²) in [4.78, 5) is 12.8. The Hall–Kier alpha value is -2.09. The zero-order valence-corrected chi connectivity index (χ0v) is 14.6. The SMILES string of the molecule is O=C(O[C@H]1CCCCC1c1ccccc1)[C@@H]1CC[C@@H]1c1ccccc1. The van der Waals surface area contributed by atoms with Crippen LogP contribution in [-0.4, -0.2) is 12.1 Å². The van der Waals surface area contributed by atoms with Crippen LogP contribution in [0.3, 0.4) is 0 Å². The lowest BCUT2D eigenvalue weighted by Crippen LogP contribution is -2.37. The summed E-state index contributed by atoms with van der Waals surface area (Å²) in [5, 5.41) is 0. The van der Waals surface area contributed by atoms with E-state index in [-0.39, 0.29) is 18.0 Å². The van der Waals surface area contributed by atoms with Gasteiger partial charge in [-0.15, -0.1) is 0 Å². The van der Waals surface area contributed by atoms with E-state index in [9.17, 15) is 4.79 Å². The van der Waals surface area contributed by atoms with Crippen molar-refractivity contribution in [3.8, 4) is 0 Å². The van der Waals surface area contributed by atoms with E-state index < -0.39 is 0 Å². The number of carbonyl (C=O) groups is 1. The molecular weight excluding hydrogens is 308 g/mol. The summed E-state index contributed by atoms with van der Waals surface area (Å²) in [5.74, 6) is 0.760. The molecule has 25 heavy (non-hydrogen) atoms. The van der Waals surface area contributed by atoms with E-state index in [1.165, 1.54) is 17.5 Å². The van der Waals surface area contributed by atoms with Gasteiger partial charge in [0.1, 0.15) is 6.10 Å². The van der Waals surface area contributed by atoms with Crippen molar-refractivity contribution in [2.24, 2.45) is 5.92 Å². The minimum absolute atomic E-state index is 0.0212. The van der Waals surface area contributed by atoms with Gasteiger partial charge in [-0.25, -0.2) is 0 Å². The number of hydrogen-bond donors (Lipinski definition) is 0. The molecule has 0 saturated heterocycles. The van der Waals surface area contributed by atoms with Crippen LogP contribution in [0.5, 0.6) is 0 Å². The second-order valence-electron chi connectivity index (χ2n) is 7.48. The Balaban J connectivity index is 1.44. The van der Waals surface area contributed by atoms with Crippen LogP contribution < -0.4 is 0 Å². The van der Waals surface area contributed by atoms with E-state index in [1.54, 1.807) is 0 Å². The van der Waals surface area contributed by atoms with Crippen LogP contribution in [0.2, 0.25) is 0 Å². The first-order valence-corrected chi connectivity index (χ1v) is 9.63. The molecule has 130 valence electrons. The van der Waals surface area contributed by atoms with E-state index >= 15 is 0 Å². The fourth-order valence-electron chi connectivity index (χ4n) is 4.44. The lowest BCUT2D eigenvalue weighted by Gasteiger charge is -2.38.